The fourth-order valence-corrected chi connectivity index (χ4v) is 3.92. The average Bonchev–Trinajstić information content (AvgIpc) is 2.65. The Kier molecular flexibility index (Phi) is 12.0. The number of benzene rings is 1. The molecule has 0 spiro atoms. The molecular weight excluding hydrogens is 465 g/mol. The maximum atomic E-state index is 5.95. The number of halogens is 1. The molecule has 6 heteroatoms. The Morgan fingerprint density at radius 3 is 2.36 bits per heavy atom. The predicted octanol–water partition coefficient (Wildman–Crippen LogP) is 3.87. The summed E-state index contributed by atoms with van der Waals surface area (Å²) in [6.07, 6.45) is 4.48. The summed E-state index contributed by atoms with van der Waals surface area (Å²) in [6, 6.07) is 4.54. The number of hydrogen-bond donors (Lipinski definition) is 1. The first-order valence-electron chi connectivity index (χ1n) is 10.2. The van der Waals surface area contributed by atoms with Crippen LogP contribution in [0.5, 0.6) is 0 Å². The fraction of sp³-hybridized carbons (Fsp3) is 0.682. The molecule has 0 aromatic heterocycles. The van der Waals surface area contributed by atoms with Crippen molar-refractivity contribution in [1.82, 2.24) is 10.2 Å². The summed E-state index contributed by atoms with van der Waals surface area (Å²) >= 11 is 0. The normalized spacial score (nSPS) is 15.5. The van der Waals surface area contributed by atoms with Crippen LogP contribution >= 0.6 is 24.0 Å². The summed E-state index contributed by atoms with van der Waals surface area (Å²) in [5.74, 6) is 1.01. The van der Waals surface area contributed by atoms with Crippen molar-refractivity contribution in [3.8, 4) is 0 Å². The van der Waals surface area contributed by atoms with Crippen LogP contribution in [0.1, 0.15) is 41.5 Å². The van der Waals surface area contributed by atoms with Crippen molar-refractivity contribution in [2.75, 3.05) is 47.0 Å². The minimum absolute atomic E-state index is 0. The third kappa shape index (κ3) is 7.87. The molecule has 160 valence electrons. The Labute approximate surface area is 188 Å². The lowest BCUT2D eigenvalue weighted by Crippen LogP contribution is -2.47. The molecule has 0 aliphatic carbocycles. The number of hydrogen-bond acceptors (Lipinski definition) is 3. The lowest BCUT2D eigenvalue weighted by Gasteiger charge is -2.34. The van der Waals surface area contributed by atoms with Crippen molar-refractivity contribution in [2.24, 2.45) is 4.99 Å². The van der Waals surface area contributed by atoms with Gasteiger partial charge >= 0.3 is 0 Å². The van der Waals surface area contributed by atoms with Gasteiger partial charge < -0.3 is 19.7 Å². The first-order chi connectivity index (χ1) is 13.0. The predicted molar refractivity (Wildman–Crippen MR) is 128 cm³/mol. The van der Waals surface area contributed by atoms with Gasteiger partial charge in [0, 0.05) is 47.0 Å². The number of aliphatic imine (C=N–C) groups is 1. The highest BCUT2D eigenvalue weighted by Crippen LogP contribution is 2.17. The molecule has 0 atom stereocenters. The molecule has 0 unspecified atom stereocenters. The quantitative estimate of drug-likeness (QED) is 0.253. The van der Waals surface area contributed by atoms with Crippen molar-refractivity contribution < 1.29 is 9.47 Å². The minimum Gasteiger partial charge on any atom is -0.385 e. The van der Waals surface area contributed by atoms with E-state index in [-0.39, 0.29) is 24.0 Å². The minimum atomic E-state index is 0. The standard InChI is InChI=1S/C22H37N3O2.HI/c1-17-15-18(2)21(19(3)16-17)7-10-24-22(23-4)25-11-8-20(9-12-25)27-14-6-13-26-5;/h15-16,20H,6-14H2,1-5H3,(H,23,24);1H. The molecule has 1 aliphatic heterocycles. The van der Waals surface area contributed by atoms with Crippen molar-refractivity contribution >= 4 is 29.9 Å². The Morgan fingerprint density at radius 2 is 1.79 bits per heavy atom. The van der Waals surface area contributed by atoms with Crippen molar-refractivity contribution in [1.29, 1.82) is 0 Å². The number of methoxy groups -OCH3 is 1. The molecule has 0 amide bonds. The fourth-order valence-electron chi connectivity index (χ4n) is 3.92. The lowest BCUT2D eigenvalue weighted by atomic mass is 9.97. The molecule has 0 bridgehead atoms. The number of aryl methyl sites for hydroxylation is 3. The number of nitrogens with one attached hydrogen (secondary N) is 1. The number of likely N-dealkylation sites (tertiary alicyclic amines) is 1. The van der Waals surface area contributed by atoms with E-state index >= 15 is 0 Å². The number of rotatable bonds is 8. The first-order valence-corrected chi connectivity index (χ1v) is 10.2. The molecule has 1 heterocycles. The Morgan fingerprint density at radius 1 is 1.14 bits per heavy atom. The molecule has 0 radical (unpaired) electrons. The Balaban J connectivity index is 0.00000392. The van der Waals surface area contributed by atoms with Crippen LogP contribution in [0.2, 0.25) is 0 Å². The molecule has 1 aromatic carbocycles. The summed E-state index contributed by atoms with van der Waals surface area (Å²) in [5, 5.41) is 3.55. The topological polar surface area (TPSA) is 46.1 Å². The first kappa shape index (κ1) is 25.2. The van der Waals surface area contributed by atoms with Crippen LogP contribution in [-0.2, 0) is 15.9 Å². The molecule has 1 aliphatic rings. The van der Waals surface area contributed by atoms with Crippen molar-refractivity contribution in [2.45, 2.75) is 52.6 Å². The molecule has 2 rings (SSSR count). The average molecular weight is 503 g/mol. The largest absolute Gasteiger partial charge is 0.385 e. The SMILES string of the molecule is CN=C(NCCc1c(C)cc(C)cc1C)N1CCC(OCCCOC)CC1.I. The van der Waals surface area contributed by atoms with Crippen LogP contribution in [0, 0.1) is 20.8 Å². The van der Waals surface area contributed by atoms with Gasteiger partial charge in [0.2, 0.25) is 0 Å². The Hall–Kier alpha value is -0.860. The molecule has 5 nitrogen and oxygen atoms in total. The number of ether oxygens (including phenoxy) is 2. The molecule has 1 aromatic rings. The van der Waals surface area contributed by atoms with Gasteiger partial charge in [-0.25, -0.2) is 0 Å². The number of nitrogens with zero attached hydrogens (tertiary/aromatic N) is 2. The van der Waals surface area contributed by atoms with Gasteiger partial charge in [-0.2, -0.15) is 0 Å². The van der Waals surface area contributed by atoms with E-state index in [4.69, 9.17) is 9.47 Å². The lowest BCUT2D eigenvalue weighted by molar-refractivity contribution is 0.00992. The van der Waals surface area contributed by atoms with E-state index in [1.807, 2.05) is 7.05 Å². The van der Waals surface area contributed by atoms with Crippen molar-refractivity contribution in [3.05, 3.63) is 34.4 Å². The second-order valence-electron chi connectivity index (χ2n) is 7.50. The zero-order valence-corrected chi connectivity index (χ0v) is 20.5. The van der Waals surface area contributed by atoms with Gasteiger partial charge in [-0.05, 0) is 63.1 Å². The van der Waals surface area contributed by atoms with Gasteiger partial charge in [0.25, 0.3) is 0 Å². The van der Waals surface area contributed by atoms with Gasteiger partial charge in [0.15, 0.2) is 5.96 Å². The van der Waals surface area contributed by atoms with E-state index in [9.17, 15) is 0 Å². The molecule has 1 N–H and O–H groups in total. The van der Waals surface area contributed by atoms with E-state index in [0.29, 0.717) is 6.10 Å². The van der Waals surface area contributed by atoms with Gasteiger partial charge in [0.1, 0.15) is 0 Å². The van der Waals surface area contributed by atoms with E-state index in [2.05, 4.69) is 48.1 Å². The Bertz CT molecular complexity index is 591. The molecular formula is C22H38IN3O2. The van der Waals surface area contributed by atoms with Crippen LogP contribution in [0.4, 0.5) is 0 Å². The van der Waals surface area contributed by atoms with Crippen LogP contribution in [-0.4, -0.2) is 64.0 Å². The van der Waals surface area contributed by atoms with Crippen LogP contribution in [0.15, 0.2) is 17.1 Å². The van der Waals surface area contributed by atoms with Crippen LogP contribution in [0.3, 0.4) is 0 Å². The van der Waals surface area contributed by atoms with Crippen LogP contribution < -0.4 is 5.32 Å². The van der Waals surface area contributed by atoms with Gasteiger partial charge in [0.05, 0.1) is 6.10 Å². The summed E-state index contributed by atoms with van der Waals surface area (Å²) in [5.41, 5.74) is 5.56. The second-order valence-corrected chi connectivity index (χ2v) is 7.50. The number of piperidine rings is 1. The maximum Gasteiger partial charge on any atom is 0.193 e. The molecule has 1 fully saturated rings. The second kappa shape index (κ2) is 13.4. The van der Waals surface area contributed by atoms with E-state index < -0.39 is 0 Å². The maximum absolute atomic E-state index is 5.95. The third-order valence-corrected chi connectivity index (χ3v) is 5.30. The summed E-state index contributed by atoms with van der Waals surface area (Å²) in [6.45, 7) is 11.0. The highest BCUT2D eigenvalue weighted by molar-refractivity contribution is 14.0. The van der Waals surface area contributed by atoms with E-state index in [0.717, 1.165) is 64.5 Å². The van der Waals surface area contributed by atoms with Crippen LogP contribution in [0.25, 0.3) is 0 Å². The van der Waals surface area contributed by atoms with Gasteiger partial charge in [-0.1, -0.05) is 17.7 Å². The summed E-state index contributed by atoms with van der Waals surface area (Å²) in [7, 11) is 3.61. The van der Waals surface area contributed by atoms with Gasteiger partial charge in [-0.3, -0.25) is 4.99 Å². The monoisotopic (exact) mass is 503 g/mol. The molecule has 28 heavy (non-hydrogen) atoms. The van der Waals surface area contributed by atoms with E-state index in [1.54, 1.807) is 7.11 Å². The smallest absolute Gasteiger partial charge is 0.193 e. The third-order valence-electron chi connectivity index (χ3n) is 5.30. The highest BCUT2D eigenvalue weighted by atomic mass is 127. The number of guanidine groups is 1. The van der Waals surface area contributed by atoms with Gasteiger partial charge in [-0.15, -0.1) is 24.0 Å². The molecule has 1 saturated heterocycles. The summed E-state index contributed by atoms with van der Waals surface area (Å²) in [4.78, 5) is 6.84. The zero-order valence-electron chi connectivity index (χ0n) is 18.2. The van der Waals surface area contributed by atoms with E-state index in [1.165, 1.54) is 22.3 Å². The van der Waals surface area contributed by atoms with Crippen molar-refractivity contribution in [3.63, 3.8) is 0 Å². The highest BCUT2D eigenvalue weighted by Gasteiger charge is 2.21. The molecule has 0 saturated carbocycles. The zero-order chi connectivity index (χ0) is 19.6. The summed E-state index contributed by atoms with van der Waals surface area (Å²) < 4.78 is 11.0.